The maximum absolute atomic E-state index is 13.9. The molecule has 0 bridgehead atoms. The molecule has 240 valence electrons. The maximum Gasteiger partial charge on any atom is 0.248 e. The minimum Gasteiger partial charge on any atom is -0.396 e. The Labute approximate surface area is 268 Å². The lowest BCUT2D eigenvalue weighted by Crippen LogP contribution is -2.75. The van der Waals surface area contributed by atoms with Crippen LogP contribution in [-0.2, 0) is 21.0 Å². The minimum atomic E-state index is -0.838. The third-order valence-corrected chi connectivity index (χ3v) is 9.62. The zero-order chi connectivity index (χ0) is 30.2. The standard InChI is InChI=1S/C35H48N4O4.ClH/c1-3-5-22-39-33(41)31(32(40)29-14-10-7-11-15-29)36-34(42)35(39)20-23-38(24-21-35)25-26-16-18-28(19-17-26)30(37-43-4-2)27-12-8-6-9-13-27;/h6,8-9,12-13,16-19,29,31-32,40H,3-5,7,10-11,14-15,20-25H2,1-2H3,(H,36,42);1H/b37-30+;/t31-,32-;/m1./s1. The quantitative estimate of drug-likeness (QED) is 0.261. The van der Waals surface area contributed by atoms with E-state index in [0.717, 1.165) is 75.0 Å². The van der Waals surface area contributed by atoms with Crippen LogP contribution >= 0.6 is 12.4 Å². The molecule has 3 fully saturated rings. The first-order chi connectivity index (χ1) is 21.0. The first-order valence-corrected chi connectivity index (χ1v) is 16.3. The molecular formula is C35H49ClN4O4. The number of rotatable bonds is 11. The summed E-state index contributed by atoms with van der Waals surface area (Å²) < 4.78 is 0. The van der Waals surface area contributed by atoms with Crippen LogP contribution in [0, 0.1) is 5.92 Å². The van der Waals surface area contributed by atoms with Gasteiger partial charge >= 0.3 is 0 Å². The first kappa shape index (κ1) is 33.9. The first-order valence-electron chi connectivity index (χ1n) is 16.3. The van der Waals surface area contributed by atoms with E-state index in [9.17, 15) is 14.7 Å². The number of carbonyl (C=O) groups excluding carboxylic acids is 2. The van der Waals surface area contributed by atoms with E-state index in [1.165, 1.54) is 12.0 Å². The summed E-state index contributed by atoms with van der Waals surface area (Å²) in [6, 6.07) is 17.6. The topological polar surface area (TPSA) is 94.5 Å². The van der Waals surface area contributed by atoms with Crippen molar-refractivity contribution in [2.75, 3.05) is 26.2 Å². The molecule has 2 N–H and O–H groups in total. The fourth-order valence-electron chi connectivity index (χ4n) is 7.06. The van der Waals surface area contributed by atoms with Gasteiger partial charge in [-0.1, -0.05) is 92.4 Å². The van der Waals surface area contributed by atoms with Crippen LogP contribution in [0.2, 0.25) is 0 Å². The van der Waals surface area contributed by atoms with Crippen LogP contribution in [0.3, 0.4) is 0 Å². The van der Waals surface area contributed by atoms with E-state index in [0.29, 0.717) is 26.0 Å². The molecule has 2 atom stereocenters. The van der Waals surface area contributed by atoms with Crippen molar-refractivity contribution >= 4 is 29.9 Å². The van der Waals surface area contributed by atoms with Crippen molar-refractivity contribution in [1.29, 1.82) is 0 Å². The number of piperidine rings is 1. The number of oxime groups is 1. The Hall–Kier alpha value is -2.94. The van der Waals surface area contributed by atoms with Crippen LogP contribution in [0.15, 0.2) is 59.8 Å². The lowest BCUT2D eigenvalue weighted by Gasteiger charge is -2.52. The van der Waals surface area contributed by atoms with E-state index in [1.807, 2.05) is 42.2 Å². The van der Waals surface area contributed by atoms with Crippen molar-refractivity contribution in [3.63, 3.8) is 0 Å². The van der Waals surface area contributed by atoms with Crippen LogP contribution in [-0.4, -0.2) is 76.4 Å². The second kappa shape index (κ2) is 15.9. The number of hydrogen-bond donors (Lipinski definition) is 2. The fourth-order valence-corrected chi connectivity index (χ4v) is 7.06. The van der Waals surface area contributed by atoms with Crippen LogP contribution in [0.5, 0.6) is 0 Å². The average molecular weight is 625 g/mol. The van der Waals surface area contributed by atoms with Crippen molar-refractivity contribution in [2.24, 2.45) is 11.1 Å². The van der Waals surface area contributed by atoms with Gasteiger partial charge in [0.1, 0.15) is 23.9 Å². The molecule has 5 rings (SSSR count). The Morgan fingerprint density at radius 2 is 1.66 bits per heavy atom. The van der Waals surface area contributed by atoms with Gasteiger partial charge in [-0.25, -0.2) is 0 Å². The second-order valence-electron chi connectivity index (χ2n) is 12.4. The lowest BCUT2D eigenvalue weighted by molar-refractivity contribution is -0.166. The van der Waals surface area contributed by atoms with Crippen LogP contribution in [0.4, 0.5) is 0 Å². The summed E-state index contributed by atoms with van der Waals surface area (Å²) in [5.74, 6) is -0.111. The predicted molar refractivity (Wildman–Crippen MR) is 176 cm³/mol. The Morgan fingerprint density at radius 1 is 1.00 bits per heavy atom. The molecule has 2 aliphatic heterocycles. The molecule has 2 amide bonds. The smallest absolute Gasteiger partial charge is 0.248 e. The number of nitrogens with one attached hydrogen (secondary N) is 1. The van der Waals surface area contributed by atoms with Gasteiger partial charge in [0.25, 0.3) is 0 Å². The van der Waals surface area contributed by atoms with Gasteiger partial charge in [-0.2, -0.15) is 0 Å². The van der Waals surface area contributed by atoms with Gasteiger partial charge in [0.15, 0.2) is 0 Å². The summed E-state index contributed by atoms with van der Waals surface area (Å²) in [7, 11) is 0. The van der Waals surface area contributed by atoms with Crippen LogP contribution in [0.25, 0.3) is 0 Å². The van der Waals surface area contributed by atoms with E-state index in [-0.39, 0.29) is 30.1 Å². The Balaban J connectivity index is 0.00000442. The van der Waals surface area contributed by atoms with Gasteiger partial charge in [0.05, 0.1) is 6.10 Å². The highest BCUT2D eigenvalue weighted by molar-refractivity contribution is 6.12. The molecule has 0 unspecified atom stereocenters. The molecule has 1 spiro atoms. The van der Waals surface area contributed by atoms with E-state index in [2.05, 4.69) is 46.6 Å². The molecule has 44 heavy (non-hydrogen) atoms. The lowest BCUT2D eigenvalue weighted by atomic mass is 9.78. The summed E-state index contributed by atoms with van der Waals surface area (Å²) in [6.45, 7) is 7.32. The molecule has 0 radical (unpaired) electrons. The maximum atomic E-state index is 13.9. The molecule has 2 aromatic carbocycles. The van der Waals surface area contributed by atoms with Crippen molar-refractivity contribution in [3.05, 3.63) is 71.3 Å². The number of carbonyl (C=O) groups is 2. The summed E-state index contributed by atoms with van der Waals surface area (Å²) in [5, 5.41) is 18.6. The Bertz CT molecular complexity index is 1240. The highest BCUT2D eigenvalue weighted by Crippen LogP contribution is 2.36. The van der Waals surface area contributed by atoms with E-state index in [4.69, 9.17) is 4.84 Å². The molecule has 8 nitrogen and oxygen atoms in total. The zero-order valence-electron chi connectivity index (χ0n) is 26.2. The Morgan fingerprint density at radius 3 is 2.30 bits per heavy atom. The third kappa shape index (κ3) is 7.47. The monoisotopic (exact) mass is 624 g/mol. The normalized spacial score (nSPS) is 21.9. The molecule has 2 saturated heterocycles. The number of benzene rings is 2. The van der Waals surface area contributed by atoms with Crippen molar-refractivity contribution in [2.45, 2.75) is 95.9 Å². The van der Waals surface area contributed by atoms with Gasteiger partial charge in [0.2, 0.25) is 11.8 Å². The van der Waals surface area contributed by atoms with Gasteiger partial charge in [-0.3, -0.25) is 14.5 Å². The number of halogens is 1. The highest BCUT2D eigenvalue weighted by Gasteiger charge is 2.55. The van der Waals surface area contributed by atoms with E-state index in [1.54, 1.807) is 0 Å². The molecule has 0 aromatic heterocycles. The van der Waals surface area contributed by atoms with Crippen molar-refractivity contribution in [3.8, 4) is 0 Å². The number of aliphatic hydroxyl groups excluding tert-OH is 1. The van der Waals surface area contributed by atoms with Gasteiger partial charge in [-0.05, 0) is 50.5 Å². The number of hydrogen-bond acceptors (Lipinski definition) is 6. The van der Waals surface area contributed by atoms with E-state index >= 15 is 0 Å². The largest absolute Gasteiger partial charge is 0.396 e. The molecule has 3 aliphatic rings. The summed E-state index contributed by atoms with van der Waals surface area (Å²) >= 11 is 0. The van der Waals surface area contributed by atoms with Crippen molar-refractivity contribution < 1.29 is 19.5 Å². The molecule has 1 aliphatic carbocycles. The number of nitrogens with zero attached hydrogens (tertiary/aromatic N) is 3. The van der Waals surface area contributed by atoms with Crippen LogP contribution < -0.4 is 5.32 Å². The predicted octanol–water partition coefficient (Wildman–Crippen LogP) is 5.30. The number of aliphatic hydroxyl groups is 1. The van der Waals surface area contributed by atoms with Gasteiger partial charge in [-0.15, -0.1) is 12.4 Å². The number of piperazine rings is 1. The molecule has 2 heterocycles. The molecule has 2 aromatic rings. The van der Waals surface area contributed by atoms with Crippen molar-refractivity contribution in [1.82, 2.24) is 15.1 Å². The third-order valence-electron chi connectivity index (χ3n) is 9.62. The van der Waals surface area contributed by atoms with Gasteiger partial charge in [0, 0.05) is 37.3 Å². The number of amides is 2. The summed E-state index contributed by atoms with van der Waals surface area (Å²) in [4.78, 5) is 37.3. The highest BCUT2D eigenvalue weighted by atomic mass is 35.5. The fraction of sp³-hybridized carbons (Fsp3) is 0.571. The van der Waals surface area contributed by atoms with E-state index < -0.39 is 17.7 Å². The second-order valence-corrected chi connectivity index (χ2v) is 12.4. The minimum absolute atomic E-state index is 0. The molecule has 1 saturated carbocycles. The molecule has 9 heteroatoms. The van der Waals surface area contributed by atoms with Crippen LogP contribution in [0.1, 0.15) is 88.3 Å². The Kier molecular flexibility index (Phi) is 12.2. The average Bonchev–Trinajstić information content (AvgIpc) is 3.05. The number of likely N-dealkylation sites (tertiary alicyclic amines) is 1. The summed E-state index contributed by atoms with van der Waals surface area (Å²) in [5.41, 5.74) is 3.16. The number of unbranched alkanes of at least 4 members (excludes halogenated alkanes) is 1. The van der Waals surface area contributed by atoms with Gasteiger partial charge < -0.3 is 20.2 Å². The summed E-state index contributed by atoms with van der Waals surface area (Å²) in [6.07, 6.45) is 7.34. The zero-order valence-corrected chi connectivity index (χ0v) is 27.1. The molecular weight excluding hydrogens is 576 g/mol. The SMILES string of the molecule is CCCCN1C(=O)[C@@H]([C@H](O)C2CCCCC2)NC(=O)C12CCN(Cc1ccc(/C(=N/OCC)c3ccccc3)cc1)CC2.Cl.